The molecule has 11 heteroatoms. The molecule has 0 saturated carbocycles. The molecule has 1 N–H and O–H groups in total. The van der Waals surface area contributed by atoms with Crippen molar-refractivity contribution < 1.29 is 32.6 Å². The first-order chi connectivity index (χ1) is 17.4. The van der Waals surface area contributed by atoms with Crippen LogP contribution < -0.4 is 4.74 Å². The summed E-state index contributed by atoms with van der Waals surface area (Å²) in [4.78, 5) is 30.6. The van der Waals surface area contributed by atoms with E-state index in [0.29, 0.717) is 44.5 Å². The topological polar surface area (TPSA) is 84.7 Å². The van der Waals surface area contributed by atoms with Crippen LogP contribution in [0.1, 0.15) is 49.9 Å². The standard InChI is InChI=1S/C26H27ClF3N3O4/c1-25(2,24(35)36)10-3-6-22(34)32-12-9-17-18-5-4-11-31-23(18)33(20(17)15-32)14-16-7-8-21(19(27)13-16)37-26(28,29)30/h4-5,7-8,11,13H,3,6,9-10,12,14-15H2,1-2H3,(H,35,36). The Labute approximate surface area is 216 Å². The first-order valence-corrected chi connectivity index (χ1v) is 12.2. The van der Waals surface area contributed by atoms with E-state index in [1.165, 1.54) is 18.2 Å². The SMILES string of the molecule is CC(C)(CCCC(=O)N1CCc2c(n(Cc3ccc(OC(F)(F)F)c(Cl)c3)c3ncccc23)C1)C(=O)O. The first-order valence-electron chi connectivity index (χ1n) is 11.9. The molecule has 0 aliphatic carbocycles. The highest BCUT2D eigenvalue weighted by Gasteiger charge is 2.32. The van der Waals surface area contributed by atoms with Gasteiger partial charge in [0.1, 0.15) is 11.4 Å². The Morgan fingerprint density at radius 1 is 1.22 bits per heavy atom. The number of amides is 1. The summed E-state index contributed by atoms with van der Waals surface area (Å²) in [5.41, 5.74) is 2.48. The lowest BCUT2D eigenvalue weighted by Gasteiger charge is -2.29. The third kappa shape index (κ3) is 6.01. The van der Waals surface area contributed by atoms with Gasteiger partial charge < -0.3 is 19.3 Å². The van der Waals surface area contributed by atoms with Gasteiger partial charge in [0.2, 0.25) is 5.91 Å². The van der Waals surface area contributed by atoms with Crippen LogP contribution in [0.3, 0.4) is 0 Å². The Balaban J connectivity index is 1.56. The van der Waals surface area contributed by atoms with Crippen molar-refractivity contribution in [2.24, 2.45) is 5.41 Å². The number of carbonyl (C=O) groups excluding carboxylic acids is 1. The van der Waals surface area contributed by atoms with E-state index in [1.807, 2.05) is 16.7 Å². The van der Waals surface area contributed by atoms with Crippen LogP contribution in [-0.2, 0) is 29.1 Å². The number of carboxylic acids is 1. The zero-order valence-electron chi connectivity index (χ0n) is 20.4. The zero-order chi connectivity index (χ0) is 27.0. The Morgan fingerprint density at radius 2 is 1.97 bits per heavy atom. The Hall–Kier alpha value is -3.27. The van der Waals surface area contributed by atoms with Crippen LogP contribution in [0.15, 0.2) is 36.5 Å². The molecule has 1 aromatic carbocycles. The van der Waals surface area contributed by atoms with Gasteiger partial charge in [-0.3, -0.25) is 9.59 Å². The predicted octanol–water partition coefficient (Wildman–Crippen LogP) is 5.80. The molecule has 37 heavy (non-hydrogen) atoms. The minimum Gasteiger partial charge on any atom is -0.481 e. The highest BCUT2D eigenvalue weighted by molar-refractivity contribution is 6.32. The summed E-state index contributed by atoms with van der Waals surface area (Å²) in [6.45, 7) is 4.48. The molecule has 0 saturated heterocycles. The summed E-state index contributed by atoms with van der Waals surface area (Å²) in [5.74, 6) is -1.41. The third-order valence-electron chi connectivity index (χ3n) is 6.70. The Kier molecular flexibility index (Phi) is 7.41. The molecule has 0 fully saturated rings. The molecule has 1 amide bonds. The van der Waals surface area contributed by atoms with Crippen molar-refractivity contribution in [1.82, 2.24) is 14.5 Å². The van der Waals surface area contributed by atoms with Crippen molar-refractivity contribution in [2.75, 3.05) is 6.54 Å². The van der Waals surface area contributed by atoms with Gasteiger partial charge >= 0.3 is 12.3 Å². The number of hydrogen-bond donors (Lipinski definition) is 1. The second-order valence-corrected chi connectivity index (χ2v) is 10.2. The lowest BCUT2D eigenvalue weighted by atomic mass is 9.87. The van der Waals surface area contributed by atoms with Crippen LogP contribution in [0.25, 0.3) is 11.0 Å². The fourth-order valence-electron chi connectivity index (χ4n) is 4.62. The van der Waals surface area contributed by atoms with Crippen molar-refractivity contribution in [2.45, 2.75) is 59.0 Å². The highest BCUT2D eigenvalue weighted by atomic mass is 35.5. The number of carbonyl (C=O) groups is 2. The van der Waals surface area contributed by atoms with E-state index in [9.17, 15) is 27.9 Å². The maximum atomic E-state index is 13.0. The van der Waals surface area contributed by atoms with E-state index < -0.39 is 23.5 Å². The average molecular weight is 538 g/mol. The third-order valence-corrected chi connectivity index (χ3v) is 7.00. The molecule has 0 spiro atoms. The quantitative estimate of drug-likeness (QED) is 0.392. The van der Waals surface area contributed by atoms with Gasteiger partial charge in [-0.15, -0.1) is 13.2 Å². The normalized spacial score (nSPS) is 14.1. The van der Waals surface area contributed by atoms with Crippen LogP contribution in [0.5, 0.6) is 5.75 Å². The number of hydrogen-bond acceptors (Lipinski definition) is 4. The molecule has 3 aromatic rings. The fraction of sp³-hybridized carbons (Fsp3) is 0.423. The van der Waals surface area contributed by atoms with Gasteiger partial charge in [0.15, 0.2) is 0 Å². The number of halogens is 4. The summed E-state index contributed by atoms with van der Waals surface area (Å²) >= 11 is 6.06. The number of aliphatic carboxylic acids is 1. The van der Waals surface area contributed by atoms with Crippen molar-refractivity contribution >= 4 is 34.5 Å². The molecular formula is C26H27ClF3N3O4. The maximum absolute atomic E-state index is 13.0. The number of pyridine rings is 1. The Morgan fingerprint density at radius 3 is 2.65 bits per heavy atom. The lowest BCUT2D eigenvalue weighted by Crippen LogP contribution is -2.36. The molecule has 0 bridgehead atoms. The largest absolute Gasteiger partial charge is 0.573 e. The fourth-order valence-corrected chi connectivity index (χ4v) is 4.86. The lowest BCUT2D eigenvalue weighted by molar-refractivity contribution is -0.274. The predicted molar refractivity (Wildman–Crippen MR) is 131 cm³/mol. The number of benzene rings is 1. The molecule has 1 aliphatic heterocycles. The minimum atomic E-state index is -4.84. The number of aromatic nitrogens is 2. The van der Waals surface area contributed by atoms with Gasteiger partial charge in [0.25, 0.3) is 0 Å². The molecule has 0 unspecified atom stereocenters. The minimum absolute atomic E-state index is 0.0479. The van der Waals surface area contributed by atoms with Gasteiger partial charge in [-0.25, -0.2) is 4.98 Å². The highest BCUT2D eigenvalue weighted by Crippen LogP contribution is 2.34. The summed E-state index contributed by atoms with van der Waals surface area (Å²) in [7, 11) is 0. The summed E-state index contributed by atoms with van der Waals surface area (Å²) in [6.07, 6.45) is -1.42. The summed E-state index contributed by atoms with van der Waals surface area (Å²) < 4.78 is 43.8. The van der Waals surface area contributed by atoms with Crippen molar-refractivity contribution in [3.05, 3.63) is 58.4 Å². The van der Waals surface area contributed by atoms with E-state index in [0.717, 1.165) is 22.3 Å². The average Bonchev–Trinajstić information content (AvgIpc) is 3.13. The number of carboxylic acid groups (broad SMARTS) is 1. The van der Waals surface area contributed by atoms with Gasteiger partial charge in [-0.1, -0.05) is 17.7 Å². The van der Waals surface area contributed by atoms with Gasteiger partial charge in [0.05, 0.1) is 17.0 Å². The molecule has 198 valence electrons. The van der Waals surface area contributed by atoms with E-state index in [1.54, 1.807) is 24.9 Å². The van der Waals surface area contributed by atoms with Gasteiger partial charge in [0, 0.05) is 36.8 Å². The van der Waals surface area contributed by atoms with Gasteiger partial charge in [-0.05, 0) is 68.5 Å². The molecule has 4 rings (SSSR count). The molecule has 7 nitrogen and oxygen atoms in total. The number of rotatable bonds is 8. The van der Waals surface area contributed by atoms with E-state index in [2.05, 4.69) is 9.72 Å². The van der Waals surface area contributed by atoms with Crippen LogP contribution in [0.2, 0.25) is 5.02 Å². The van der Waals surface area contributed by atoms with Crippen LogP contribution in [0, 0.1) is 5.41 Å². The molecule has 3 heterocycles. The van der Waals surface area contributed by atoms with Crippen LogP contribution in [0.4, 0.5) is 13.2 Å². The second kappa shape index (κ2) is 10.2. The molecule has 1 aliphatic rings. The number of ether oxygens (including phenoxy) is 1. The number of nitrogens with zero attached hydrogens (tertiary/aromatic N) is 3. The van der Waals surface area contributed by atoms with E-state index in [-0.39, 0.29) is 17.4 Å². The number of fused-ring (bicyclic) bond motifs is 3. The van der Waals surface area contributed by atoms with Crippen molar-refractivity contribution in [3.63, 3.8) is 0 Å². The maximum Gasteiger partial charge on any atom is 0.573 e. The zero-order valence-corrected chi connectivity index (χ0v) is 21.2. The van der Waals surface area contributed by atoms with Crippen molar-refractivity contribution in [1.29, 1.82) is 0 Å². The van der Waals surface area contributed by atoms with Crippen LogP contribution >= 0.6 is 11.6 Å². The van der Waals surface area contributed by atoms with Gasteiger partial charge in [-0.2, -0.15) is 0 Å². The molecule has 0 radical (unpaired) electrons. The first kappa shape index (κ1) is 26.8. The molecule has 0 atom stereocenters. The number of alkyl halides is 3. The van der Waals surface area contributed by atoms with Crippen molar-refractivity contribution in [3.8, 4) is 5.75 Å². The Bertz CT molecular complexity index is 1340. The van der Waals surface area contributed by atoms with E-state index >= 15 is 0 Å². The second-order valence-electron chi connectivity index (χ2n) is 9.81. The monoisotopic (exact) mass is 537 g/mol. The summed E-state index contributed by atoms with van der Waals surface area (Å²) in [6, 6.07) is 7.94. The van der Waals surface area contributed by atoms with Crippen LogP contribution in [-0.4, -0.2) is 44.3 Å². The molecule has 2 aromatic heterocycles. The van der Waals surface area contributed by atoms with E-state index in [4.69, 9.17) is 11.6 Å². The summed E-state index contributed by atoms with van der Waals surface area (Å²) in [5, 5.41) is 10.1. The smallest absolute Gasteiger partial charge is 0.481 e. The molecular weight excluding hydrogens is 511 g/mol.